The quantitative estimate of drug-likeness (QED) is 0.622. The van der Waals surface area contributed by atoms with Crippen molar-refractivity contribution in [3.63, 3.8) is 0 Å². The predicted molar refractivity (Wildman–Crippen MR) is 124 cm³/mol. The van der Waals surface area contributed by atoms with Gasteiger partial charge in [0.25, 0.3) is 0 Å². The monoisotopic (exact) mass is 437 g/mol. The van der Waals surface area contributed by atoms with Gasteiger partial charge in [-0.2, -0.15) is 0 Å². The highest BCUT2D eigenvalue weighted by Crippen LogP contribution is 2.25. The highest BCUT2D eigenvalue weighted by Gasteiger charge is 2.20. The largest absolute Gasteiger partial charge is 0.337 e. The third-order valence-electron chi connectivity index (χ3n) is 5.04. The maximum atomic E-state index is 12.5. The molecule has 0 saturated carbocycles. The zero-order chi connectivity index (χ0) is 20.9. The van der Waals surface area contributed by atoms with Crippen LogP contribution in [0.4, 0.5) is 5.13 Å². The summed E-state index contributed by atoms with van der Waals surface area (Å²) in [5, 5.41) is 5.35. The lowest BCUT2D eigenvalue weighted by Gasteiger charge is -2.28. The first-order valence-electron chi connectivity index (χ1n) is 9.83. The number of rotatable bonds is 6. The first kappa shape index (κ1) is 20.6. The van der Waals surface area contributed by atoms with Gasteiger partial charge in [-0.25, -0.2) is 4.98 Å². The Morgan fingerprint density at radius 3 is 2.67 bits per heavy atom. The fraction of sp³-hybridized carbons (Fsp3) is 0.261. The van der Waals surface area contributed by atoms with Gasteiger partial charge in [0.05, 0.1) is 17.2 Å². The average Bonchev–Trinajstić information content (AvgIpc) is 3.22. The molecule has 0 radical (unpaired) electrons. The fourth-order valence-corrected chi connectivity index (χ4v) is 4.83. The molecule has 3 aromatic rings. The summed E-state index contributed by atoms with van der Waals surface area (Å²) in [6.07, 6.45) is 0.889. The number of thiazole rings is 1. The number of carbonyl (C=O) groups excluding carboxylic acids is 2. The van der Waals surface area contributed by atoms with Gasteiger partial charge in [0, 0.05) is 24.0 Å². The zero-order valence-corrected chi connectivity index (χ0v) is 18.4. The average molecular weight is 438 g/mol. The Morgan fingerprint density at radius 2 is 1.87 bits per heavy atom. The van der Waals surface area contributed by atoms with Crippen molar-refractivity contribution in [2.45, 2.75) is 19.9 Å². The second-order valence-electron chi connectivity index (χ2n) is 7.28. The summed E-state index contributed by atoms with van der Waals surface area (Å²) >= 11 is 2.75. The van der Waals surface area contributed by atoms with Crippen molar-refractivity contribution in [1.82, 2.24) is 9.88 Å². The minimum absolute atomic E-state index is 0.0817. The van der Waals surface area contributed by atoms with Gasteiger partial charge in [-0.05, 0) is 24.5 Å². The minimum Gasteiger partial charge on any atom is -0.337 e. The van der Waals surface area contributed by atoms with E-state index in [2.05, 4.69) is 22.4 Å². The second-order valence-corrected chi connectivity index (χ2v) is 9.12. The van der Waals surface area contributed by atoms with E-state index >= 15 is 0 Å². The van der Waals surface area contributed by atoms with Gasteiger partial charge in [-0.1, -0.05) is 54.1 Å². The molecule has 1 N–H and O–H groups in total. The van der Waals surface area contributed by atoms with Gasteiger partial charge in [0.2, 0.25) is 11.8 Å². The van der Waals surface area contributed by atoms with E-state index < -0.39 is 0 Å². The Kier molecular flexibility index (Phi) is 6.50. The normalized spacial score (nSPS) is 13.0. The molecule has 0 bridgehead atoms. The lowest BCUT2D eigenvalue weighted by Crippen LogP contribution is -2.37. The zero-order valence-electron chi connectivity index (χ0n) is 16.8. The summed E-state index contributed by atoms with van der Waals surface area (Å²) in [5.41, 5.74) is 5.61. The van der Waals surface area contributed by atoms with Crippen LogP contribution in [0, 0.1) is 6.92 Å². The van der Waals surface area contributed by atoms with Crippen LogP contribution in [-0.4, -0.2) is 39.7 Å². The van der Waals surface area contributed by atoms with Crippen LogP contribution in [0.5, 0.6) is 0 Å². The summed E-state index contributed by atoms with van der Waals surface area (Å²) in [4.78, 5) is 31.1. The van der Waals surface area contributed by atoms with Gasteiger partial charge >= 0.3 is 0 Å². The molecule has 0 unspecified atom stereocenters. The Hall–Kier alpha value is -2.64. The summed E-state index contributed by atoms with van der Waals surface area (Å²) in [6.45, 7) is 3.44. The van der Waals surface area contributed by atoms with E-state index in [4.69, 9.17) is 0 Å². The summed E-state index contributed by atoms with van der Waals surface area (Å²) in [7, 11) is 0. The molecule has 1 aliphatic heterocycles. The number of nitrogens with one attached hydrogen (secondary N) is 1. The topological polar surface area (TPSA) is 62.3 Å². The van der Waals surface area contributed by atoms with Crippen LogP contribution in [0.3, 0.4) is 0 Å². The predicted octanol–water partition coefficient (Wildman–Crippen LogP) is 4.38. The van der Waals surface area contributed by atoms with E-state index in [0.29, 0.717) is 17.4 Å². The molecule has 1 aromatic heterocycles. The van der Waals surface area contributed by atoms with E-state index in [1.807, 2.05) is 53.6 Å². The van der Waals surface area contributed by atoms with E-state index in [1.165, 1.54) is 39.8 Å². The molecule has 5 nitrogen and oxygen atoms in total. The fourth-order valence-electron chi connectivity index (χ4n) is 3.37. The van der Waals surface area contributed by atoms with Gasteiger partial charge in [-0.3, -0.25) is 9.59 Å². The second kappa shape index (κ2) is 9.45. The number of hydrogen-bond acceptors (Lipinski definition) is 5. The number of aromatic nitrogens is 1. The van der Waals surface area contributed by atoms with E-state index in [9.17, 15) is 9.59 Å². The maximum Gasteiger partial charge on any atom is 0.236 e. The Morgan fingerprint density at radius 1 is 1.10 bits per heavy atom. The van der Waals surface area contributed by atoms with Crippen LogP contribution in [0.2, 0.25) is 0 Å². The summed E-state index contributed by atoms with van der Waals surface area (Å²) in [5.74, 6) is 0.484. The van der Waals surface area contributed by atoms with Crippen LogP contribution < -0.4 is 5.32 Å². The molecule has 0 saturated heterocycles. The van der Waals surface area contributed by atoms with Gasteiger partial charge in [-0.15, -0.1) is 23.1 Å². The van der Waals surface area contributed by atoms with Crippen molar-refractivity contribution in [3.05, 3.63) is 70.6 Å². The first-order valence-corrected chi connectivity index (χ1v) is 11.9. The Balaban J connectivity index is 1.23. The molecule has 1 aliphatic rings. The number of fused-ring (bicyclic) bond motifs is 1. The van der Waals surface area contributed by atoms with Crippen molar-refractivity contribution in [3.8, 4) is 11.3 Å². The number of thioether (sulfide) groups is 1. The van der Waals surface area contributed by atoms with Gasteiger partial charge in [0.1, 0.15) is 0 Å². The smallest absolute Gasteiger partial charge is 0.236 e. The number of amides is 2. The van der Waals surface area contributed by atoms with Crippen LogP contribution in [-0.2, 0) is 22.6 Å². The number of hydrogen-bond donors (Lipinski definition) is 1. The van der Waals surface area contributed by atoms with Crippen molar-refractivity contribution in [2.75, 3.05) is 23.4 Å². The number of nitrogens with zero attached hydrogens (tertiary/aromatic N) is 2. The molecule has 0 fully saturated rings. The molecule has 0 spiro atoms. The Labute approximate surface area is 184 Å². The molecular weight excluding hydrogens is 414 g/mol. The molecular formula is C23H23N3O2S2. The first-order chi connectivity index (χ1) is 14.6. The van der Waals surface area contributed by atoms with Crippen molar-refractivity contribution in [1.29, 1.82) is 0 Å². The third-order valence-corrected chi connectivity index (χ3v) is 6.72. The van der Waals surface area contributed by atoms with Crippen molar-refractivity contribution < 1.29 is 9.59 Å². The number of carbonyl (C=O) groups is 2. The van der Waals surface area contributed by atoms with Crippen molar-refractivity contribution >= 4 is 40.0 Å². The van der Waals surface area contributed by atoms with Crippen molar-refractivity contribution in [2.24, 2.45) is 0 Å². The molecule has 2 heterocycles. The summed E-state index contributed by atoms with van der Waals surface area (Å²) < 4.78 is 0. The molecule has 0 aliphatic carbocycles. The standard InChI is InChI=1S/C23H23N3O2S2/c1-16-6-8-18(9-7-16)20-13-30-23(24-20)25-21(27)14-29-15-22(28)26-11-10-17-4-2-3-5-19(17)12-26/h2-9,13H,10-12,14-15H2,1H3,(H,24,25,27). The van der Waals surface area contributed by atoms with E-state index in [1.54, 1.807) is 0 Å². The Bertz CT molecular complexity index is 1050. The lowest BCUT2D eigenvalue weighted by atomic mass is 10.00. The molecule has 2 amide bonds. The highest BCUT2D eigenvalue weighted by molar-refractivity contribution is 8.00. The molecule has 0 atom stereocenters. The molecule has 30 heavy (non-hydrogen) atoms. The van der Waals surface area contributed by atoms with Crippen LogP contribution >= 0.6 is 23.1 Å². The molecule has 7 heteroatoms. The molecule has 154 valence electrons. The van der Waals surface area contributed by atoms with E-state index in [-0.39, 0.29) is 17.6 Å². The number of benzene rings is 2. The number of anilines is 1. The van der Waals surface area contributed by atoms with Gasteiger partial charge in [0.15, 0.2) is 5.13 Å². The molecule has 4 rings (SSSR count). The van der Waals surface area contributed by atoms with Gasteiger partial charge < -0.3 is 10.2 Å². The SMILES string of the molecule is Cc1ccc(-c2csc(NC(=O)CSCC(=O)N3CCc4ccccc4C3)n2)cc1. The summed E-state index contributed by atoms with van der Waals surface area (Å²) in [6, 6.07) is 16.4. The third kappa shape index (κ3) is 5.09. The van der Waals surface area contributed by atoms with Crippen LogP contribution in [0.25, 0.3) is 11.3 Å². The van der Waals surface area contributed by atoms with Crippen LogP contribution in [0.15, 0.2) is 53.9 Å². The number of aryl methyl sites for hydroxylation is 1. The van der Waals surface area contributed by atoms with Crippen LogP contribution in [0.1, 0.15) is 16.7 Å². The van der Waals surface area contributed by atoms with E-state index in [0.717, 1.165) is 24.2 Å². The minimum atomic E-state index is -0.137. The highest BCUT2D eigenvalue weighted by atomic mass is 32.2. The molecule has 2 aromatic carbocycles. The lowest BCUT2D eigenvalue weighted by molar-refractivity contribution is -0.129. The maximum absolute atomic E-state index is 12.5.